The Hall–Kier alpha value is -2.81. The summed E-state index contributed by atoms with van der Waals surface area (Å²) in [7, 11) is -3.66. The van der Waals surface area contributed by atoms with Crippen LogP contribution in [-0.2, 0) is 23.1 Å². The van der Waals surface area contributed by atoms with Gasteiger partial charge in [0.1, 0.15) is 5.82 Å². The number of aryl methyl sites for hydroxylation is 2. The van der Waals surface area contributed by atoms with Gasteiger partial charge < -0.3 is 20.2 Å². The van der Waals surface area contributed by atoms with E-state index in [2.05, 4.69) is 14.5 Å². The third-order valence-corrected chi connectivity index (χ3v) is 6.51. The Morgan fingerprint density at radius 1 is 1.28 bits per heavy atom. The SMILES string of the molecule is CCn1cc(C)c2c(OS(=O)(=O)CC3CC3)cc(Cc3cnc(N)nc3N)cc21. The minimum atomic E-state index is -3.66. The number of nitrogens with zero attached hydrogens (tertiary/aromatic N) is 3. The summed E-state index contributed by atoms with van der Waals surface area (Å²) in [5.74, 6) is 1.06. The second-order valence-electron chi connectivity index (χ2n) is 7.65. The first-order valence-electron chi connectivity index (χ1n) is 9.67. The lowest BCUT2D eigenvalue weighted by atomic mass is 10.0. The van der Waals surface area contributed by atoms with Gasteiger partial charge >= 0.3 is 10.1 Å². The van der Waals surface area contributed by atoms with Gasteiger partial charge in [-0.05, 0) is 55.9 Å². The Morgan fingerprint density at radius 3 is 2.69 bits per heavy atom. The van der Waals surface area contributed by atoms with E-state index >= 15 is 0 Å². The summed E-state index contributed by atoms with van der Waals surface area (Å²) in [6.45, 7) is 4.76. The van der Waals surface area contributed by atoms with Crippen LogP contribution in [0.3, 0.4) is 0 Å². The first kappa shape index (κ1) is 19.5. The Bertz CT molecular complexity index is 1180. The first-order chi connectivity index (χ1) is 13.8. The van der Waals surface area contributed by atoms with Crippen LogP contribution >= 0.6 is 0 Å². The average molecular weight is 416 g/mol. The minimum absolute atomic E-state index is 0.0605. The number of aromatic nitrogens is 3. The molecule has 0 amide bonds. The van der Waals surface area contributed by atoms with Crippen LogP contribution in [0.1, 0.15) is 36.5 Å². The average Bonchev–Trinajstić information content (AvgIpc) is 3.37. The molecule has 2 aromatic heterocycles. The molecule has 0 atom stereocenters. The van der Waals surface area contributed by atoms with Gasteiger partial charge in [0.15, 0.2) is 5.75 Å². The molecule has 0 saturated heterocycles. The van der Waals surface area contributed by atoms with Crippen LogP contribution in [-0.4, -0.2) is 28.7 Å². The van der Waals surface area contributed by atoms with Crippen LogP contribution < -0.4 is 15.7 Å². The van der Waals surface area contributed by atoms with Crippen molar-refractivity contribution in [3.63, 3.8) is 0 Å². The highest BCUT2D eigenvalue weighted by atomic mass is 32.2. The normalized spacial score (nSPS) is 14.4. The van der Waals surface area contributed by atoms with Crippen LogP contribution in [0, 0.1) is 12.8 Å². The number of benzene rings is 1. The molecule has 0 bridgehead atoms. The van der Waals surface area contributed by atoms with Crippen molar-refractivity contribution < 1.29 is 12.6 Å². The van der Waals surface area contributed by atoms with Crippen molar-refractivity contribution in [3.8, 4) is 5.75 Å². The number of hydrogen-bond acceptors (Lipinski definition) is 7. The van der Waals surface area contributed by atoms with Gasteiger partial charge in [0.25, 0.3) is 0 Å². The Kier molecular flexibility index (Phi) is 4.85. The summed E-state index contributed by atoms with van der Waals surface area (Å²) in [6, 6.07) is 3.80. The van der Waals surface area contributed by atoms with Crippen molar-refractivity contribution in [1.82, 2.24) is 14.5 Å². The largest absolute Gasteiger partial charge is 0.383 e. The van der Waals surface area contributed by atoms with Crippen molar-refractivity contribution in [3.05, 3.63) is 41.2 Å². The van der Waals surface area contributed by atoms with E-state index in [1.807, 2.05) is 26.1 Å². The van der Waals surface area contributed by atoms with Crippen LogP contribution in [0.4, 0.5) is 11.8 Å². The van der Waals surface area contributed by atoms with Crippen LogP contribution in [0.15, 0.2) is 24.5 Å². The second kappa shape index (κ2) is 7.22. The molecule has 1 aliphatic rings. The van der Waals surface area contributed by atoms with E-state index in [-0.39, 0.29) is 17.6 Å². The monoisotopic (exact) mass is 415 g/mol. The minimum Gasteiger partial charge on any atom is -0.383 e. The lowest BCUT2D eigenvalue weighted by Crippen LogP contribution is -2.15. The molecule has 0 radical (unpaired) electrons. The lowest BCUT2D eigenvalue weighted by Gasteiger charge is -2.12. The maximum atomic E-state index is 12.6. The lowest BCUT2D eigenvalue weighted by molar-refractivity contribution is 0.485. The molecular formula is C20H25N5O3S. The summed E-state index contributed by atoms with van der Waals surface area (Å²) >= 11 is 0. The van der Waals surface area contributed by atoms with Gasteiger partial charge in [-0.1, -0.05) is 0 Å². The molecule has 8 nitrogen and oxygen atoms in total. The molecule has 1 saturated carbocycles. The van der Waals surface area contributed by atoms with Gasteiger partial charge in [-0.15, -0.1) is 0 Å². The topological polar surface area (TPSA) is 126 Å². The van der Waals surface area contributed by atoms with Crippen LogP contribution in [0.25, 0.3) is 10.9 Å². The highest BCUT2D eigenvalue weighted by Gasteiger charge is 2.30. The highest BCUT2D eigenvalue weighted by Crippen LogP contribution is 2.36. The fraction of sp³-hybridized carbons (Fsp3) is 0.400. The molecular weight excluding hydrogens is 390 g/mol. The molecule has 0 aliphatic heterocycles. The number of hydrogen-bond donors (Lipinski definition) is 2. The molecule has 0 spiro atoms. The number of rotatable bonds is 7. The zero-order valence-electron chi connectivity index (χ0n) is 16.6. The maximum absolute atomic E-state index is 12.6. The first-order valence-corrected chi connectivity index (χ1v) is 11.2. The highest BCUT2D eigenvalue weighted by molar-refractivity contribution is 7.87. The molecule has 4 rings (SSSR count). The number of anilines is 2. The van der Waals surface area contributed by atoms with Gasteiger partial charge in [-0.3, -0.25) is 0 Å². The molecule has 1 aromatic carbocycles. The van der Waals surface area contributed by atoms with E-state index in [1.54, 1.807) is 12.3 Å². The van der Waals surface area contributed by atoms with E-state index in [0.717, 1.165) is 47.0 Å². The standard InChI is InChI=1S/C20H25N5O3S/c1-3-25-10-12(2)18-16(25)7-14(6-15-9-23-20(22)24-19(15)21)8-17(18)28-29(26,27)11-13-4-5-13/h7-10,13H,3-6,11H2,1-2H3,(H4,21,22,23,24). The van der Waals surface area contributed by atoms with Crippen molar-refractivity contribution in [2.75, 3.05) is 17.2 Å². The molecule has 4 N–H and O–H groups in total. The van der Waals surface area contributed by atoms with Crippen LogP contribution in [0.5, 0.6) is 5.75 Å². The predicted molar refractivity (Wildman–Crippen MR) is 113 cm³/mol. The van der Waals surface area contributed by atoms with Crippen molar-refractivity contribution >= 4 is 32.8 Å². The maximum Gasteiger partial charge on any atom is 0.309 e. The Balaban J connectivity index is 1.78. The summed E-state index contributed by atoms with van der Waals surface area (Å²) in [4.78, 5) is 8.02. The molecule has 29 heavy (non-hydrogen) atoms. The van der Waals surface area contributed by atoms with E-state index in [9.17, 15) is 8.42 Å². The van der Waals surface area contributed by atoms with Crippen molar-refractivity contribution in [2.45, 2.75) is 39.7 Å². The summed E-state index contributed by atoms with van der Waals surface area (Å²) in [5, 5.41) is 0.816. The third kappa shape index (κ3) is 4.14. The summed E-state index contributed by atoms with van der Waals surface area (Å²) in [5.41, 5.74) is 15.0. The number of fused-ring (bicyclic) bond motifs is 1. The smallest absolute Gasteiger partial charge is 0.309 e. The number of nitrogens with two attached hydrogens (primary N) is 2. The fourth-order valence-corrected chi connectivity index (χ4v) is 4.99. The molecule has 1 fully saturated rings. The van der Waals surface area contributed by atoms with Crippen molar-refractivity contribution in [2.24, 2.45) is 5.92 Å². The molecule has 0 unspecified atom stereocenters. The zero-order chi connectivity index (χ0) is 20.8. The van der Waals surface area contributed by atoms with E-state index in [4.69, 9.17) is 15.7 Å². The van der Waals surface area contributed by atoms with E-state index < -0.39 is 10.1 Å². The third-order valence-electron chi connectivity index (χ3n) is 5.20. The quantitative estimate of drug-likeness (QED) is 0.568. The van der Waals surface area contributed by atoms with Gasteiger partial charge in [0.2, 0.25) is 5.95 Å². The Morgan fingerprint density at radius 2 is 2.03 bits per heavy atom. The summed E-state index contributed by atoms with van der Waals surface area (Å²) in [6.07, 6.45) is 5.93. The number of nitrogen functional groups attached to an aromatic ring is 2. The molecule has 1 aliphatic carbocycles. The van der Waals surface area contributed by atoms with Gasteiger partial charge in [-0.2, -0.15) is 13.4 Å². The second-order valence-corrected chi connectivity index (χ2v) is 9.27. The fourth-order valence-electron chi connectivity index (χ4n) is 3.61. The molecule has 154 valence electrons. The molecule has 2 heterocycles. The summed E-state index contributed by atoms with van der Waals surface area (Å²) < 4.78 is 32.8. The van der Waals surface area contributed by atoms with Gasteiger partial charge in [0, 0.05) is 36.3 Å². The Labute approximate surface area is 170 Å². The van der Waals surface area contributed by atoms with Gasteiger partial charge in [-0.25, -0.2) is 4.98 Å². The van der Waals surface area contributed by atoms with E-state index in [1.165, 1.54) is 0 Å². The predicted octanol–water partition coefficient (Wildman–Crippen LogP) is 2.63. The van der Waals surface area contributed by atoms with Crippen molar-refractivity contribution in [1.29, 1.82) is 0 Å². The van der Waals surface area contributed by atoms with Gasteiger partial charge in [0.05, 0.1) is 11.3 Å². The zero-order valence-corrected chi connectivity index (χ0v) is 17.4. The van der Waals surface area contributed by atoms with Crippen LogP contribution in [0.2, 0.25) is 0 Å². The van der Waals surface area contributed by atoms with E-state index in [0.29, 0.717) is 18.0 Å². The molecule has 3 aromatic rings. The molecule has 9 heteroatoms.